The summed E-state index contributed by atoms with van der Waals surface area (Å²) in [5.74, 6) is 0.120. The molecule has 5 nitrogen and oxygen atoms in total. The van der Waals surface area contributed by atoms with Crippen LogP contribution in [0, 0.1) is 0 Å². The number of rotatable bonds is 4. The Balaban J connectivity index is 1.78. The summed E-state index contributed by atoms with van der Waals surface area (Å²) in [5, 5.41) is 13.7. The standard InChI is InChI=1S/C13H24N2O3/c1-15(10-13(17)4-7-18-8-5-13)12(16)9-11-3-2-6-14-11/h11,14,17H,2-10H2,1H3. The van der Waals surface area contributed by atoms with Gasteiger partial charge >= 0.3 is 0 Å². The van der Waals surface area contributed by atoms with E-state index in [2.05, 4.69) is 5.32 Å². The van der Waals surface area contributed by atoms with E-state index in [-0.39, 0.29) is 5.91 Å². The monoisotopic (exact) mass is 256 g/mol. The highest BCUT2D eigenvalue weighted by Gasteiger charge is 2.32. The van der Waals surface area contributed by atoms with E-state index in [0.717, 1.165) is 19.4 Å². The van der Waals surface area contributed by atoms with Crippen LogP contribution in [0.3, 0.4) is 0 Å². The zero-order valence-corrected chi connectivity index (χ0v) is 11.2. The fourth-order valence-electron chi connectivity index (χ4n) is 2.74. The molecule has 0 aliphatic carbocycles. The molecule has 104 valence electrons. The van der Waals surface area contributed by atoms with Crippen LogP contribution in [0.5, 0.6) is 0 Å². The first-order chi connectivity index (χ1) is 8.59. The highest BCUT2D eigenvalue weighted by atomic mass is 16.5. The SMILES string of the molecule is CN(CC1(O)CCOCC1)C(=O)CC1CCCN1. The second kappa shape index (κ2) is 5.99. The Morgan fingerprint density at radius 1 is 1.50 bits per heavy atom. The molecule has 5 heteroatoms. The molecule has 0 aromatic rings. The Morgan fingerprint density at radius 3 is 2.83 bits per heavy atom. The number of nitrogens with zero attached hydrogens (tertiary/aromatic N) is 1. The van der Waals surface area contributed by atoms with E-state index in [1.165, 1.54) is 0 Å². The molecule has 0 aromatic heterocycles. The zero-order valence-electron chi connectivity index (χ0n) is 11.2. The molecular weight excluding hydrogens is 232 g/mol. The van der Waals surface area contributed by atoms with Crippen molar-refractivity contribution in [3.63, 3.8) is 0 Å². The molecule has 1 atom stereocenters. The van der Waals surface area contributed by atoms with Crippen molar-refractivity contribution in [2.75, 3.05) is 33.4 Å². The van der Waals surface area contributed by atoms with Crippen molar-refractivity contribution in [1.82, 2.24) is 10.2 Å². The van der Waals surface area contributed by atoms with Gasteiger partial charge < -0.3 is 20.1 Å². The Labute approximate surface area is 108 Å². The Morgan fingerprint density at radius 2 is 2.22 bits per heavy atom. The molecule has 18 heavy (non-hydrogen) atoms. The summed E-state index contributed by atoms with van der Waals surface area (Å²) in [4.78, 5) is 13.7. The van der Waals surface area contributed by atoms with Gasteiger partial charge in [0.15, 0.2) is 0 Å². The van der Waals surface area contributed by atoms with Crippen LogP contribution >= 0.6 is 0 Å². The van der Waals surface area contributed by atoms with Crippen molar-refractivity contribution >= 4 is 5.91 Å². The number of carbonyl (C=O) groups excluding carboxylic acids is 1. The molecule has 0 spiro atoms. The lowest BCUT2D eigenvalue weighted by Crippen LogP contribution is -2.48. The smallest absolute Gasteiger partial charge is 0.223 e. The van der Waals surface area contributed by atoms with Gasteiger partial charge in [-0.25, -0.2) is 0 Å². The summed E-state index contributed by atoms with van der Waals surface area (Å²) in [6, 6.07) is 0.323. The maximum absolute atomic E-state index is 12.1. The molecule has 2 fully saturated rings. The van der Waals surface area contributed by atoms with Crippen LogP contribution in [0.4, 0.5) is 0 Å². The summed E-state index contributed by atoms with van der Waals surface area (Å²) in [6.45, 7) is 2.61. The van der Waals surface area contributed by atoms with Crippen molar-refractivity contribution in [3.05, 3.63) is 0 Å². The summed E-state index contributed by atoms with van der Waals surface area (Å²) in [7, 11) is 1.78. The van der Waals surface area contributed by atoms with Gasteiger partial charge in [0.05, 0.1) is 5.60 Å². The first kappa shape index (κ1) is 13.8. The molecular formula is C13H24N2O3. The van der Waals surface area contributed by atoms with Gasteiger partial charge in [-0.1, -0.05) is 0 Å². The minimum absolute atomic E-state index is 0.120. The van der Waals surface area contributed by atoms with Crippen LogP contribution in [-0.4, -0.2) is 60.9 Å². The predicted molar refractivity (Wildman–Crippen MR) is 68.3 cm³/mol. The van der Waals surface area contributed by atoms with Gasteiger partial charge in [0, 0.05) is 52.1 Å². The topological polar surface area (TPSA) is 61.8 Å². The third-order valence-corrected chi connectivity index (χ3v) is 3.96. The average molecular weight is 256 g/mol. The third-order valence-electron chi connectivity index (χ3n) is 3.96. The number of nitrogens with one attached hydrogen (secondary N) is 1. The molecule has 1 amide bonds. The van der Waals surface area contributed by atoms with Gasteiger partial charge in [0.2, 0.25) is 5.91 Å². The lowest BCUT2D eigenvalue weighted by molar-refractivity contribution is -0.137. The van der Waals surface area contributed by atoms with Crippen LogP contribution in [0.2, 0.25) is 0 Å². The van der Waals surface area contributed by atoms with Gasteiger partial charge in [0.25, 0.3) is 0 Å². The van der Waals surface area contributed by atoms with Gasteiger partial charge in [-0.3, -0.25) is 4.79 Å². The predicted octanol–water partition coefficient (Wildman–Crippen LogP) is 0.128. The minimum Gasteiger partial charge on any atom is -0.388 e. The van der Waals surface area contributed by atoms with E-state index in [9.17, 15) is 9.90 Å². The Kier molecular flexibility index (Phi) is 4.59. The molecule has 2 rings (SSSR count). The Hall–Kier alpha value is -0.650. The molecule has 0 radical (unpaired) electrons. The van der Waals surface area contributed by atoms with Crippen molar-refractivity contribution in [2.24, 2.45) is 0 Å². The highest BCUT2D eigenvalue weighted by Crippen LogP contribution is 2.21. The highest BCUT2D eigenvalue weighted by molar-refractivity contribution is 5.76. The number of likely N-dealkylation sites (N-methyl/N-ethyl adjacent to an activating group) is 1. The molecule has 0 saturated carbocycles. The van der Waals surface area contributed by atoms with E-state index in [4.69, 9.17) is 4.74 Å². The molecule has 2 aliphatic rings. The molecule has 2 saturated heterocycles. The molecule has 2 aliphatic heterocycles. The number of carbonyl (C=O) groups is 1. The van der Waals surface area contributed by atoms with Crippen LogP contribution in [0.15, 0.2) is 0 Å². The van der Waals surface area contributed by atoms with Crippen molar-refractivity contribution in [2.45, 2.75) is 43.7 Å². The first-order valence-electron chi connectivity index (χ1n) is 6.87. The van der Waals surface area contributed by atoms with Gasteiger partial charge in [-0.2, -0.15) is 0 Å². The van der Waals surface area contributed by atoms with Crippen LogP contribution in [0.25, 0.3) is 0 Å². The Bertz CT molecular complexity index is 284. The number of aliphatic hydroxyl groups is 1. The van der Waals surface area contributed by atoms with E-state index in [1.807, 2.05) is 0 Å². The molecule has 2 heterocycles. The maximum atomic E-state index is 12.1. The van der Waals surface area contributed by atoms with E-state index >= 15 is 0 Å². The quantitative estimate of drug-likeness (QED) is 0.750. The molecule has 0 bridgehead atoms. The van der Waals surface area contributed by atoms with E-state index in [1.54, 1.807) is 11.9 Å². The first-order valence-corrected chi connectivity index (χ1v) is 6.87. The minimum atomic E-state index is -0.758. The summed E-state index contributed by atoms with van der Waals surface area (Å²) in [6.07, 6.45) is 4.02. The van der Waals surface area contributed by atoms with E-state index in [0.29, 0.717) is 45.1 Å². The van der Waals surface area contributed by atoms with Gasteiger partial charge in [-0.05, 0) is 19.4 Å². The second-order valence-electron chi connectivity index (χ2n) is 5.58. The van der Waals surface area contributed by atoms with Crippen molar-refractivity contribution < 1.29 is 14.6 Å². The van der Waals surface area contributed by atoms with Crippen molar-refractivity contribution in [1.29, 1.82) is 0 Å². The summed E-state index contributed by atoms with van der Waals surface area (Å²) < 4.78 is 5.24. The number of hydrogen-bond donors (Lipinski definition) is 2. The number of hydrogen-bond acceptors (Lipinski definition) is 4. The lowest BCUT2D eigenvalue weighted by atomic mass is 9.94. The number of ether oxygens (including phenoxy) is 1. The van der Waals surface area contributed by atoms with Crippen LogP contribution in [0.1, 0.15) is 32.1 Å². The zero-order chi connectivity index (χ0) is 13.0. The third kappa shape index (κ3) is 3.67. The number of amides is 1. The second-order valence-corrected chi connectivity index (χ2v) is 5.58. The van der Waals surface area contributed by atoms with Crippen molar-refractivity contribution in [3.8, 4) is 0 Å². The fourth-order valence-corrected chi connectivity index (χ4v) is 2.74. The maximum Gasteiger partial charge on any atom is 0.223 e. The molecule has 2 N–H and O–H groups in total. The summed E-state index contributed by atoms with van der Waals surface area (Å²) in [5.41, 5.74) is -0.758. The summed E-state index contributed by atoms with van der Waals surface area (Å²) >= 11 is 0. The fraction of sp³-hybridized carbons (Fsp3) is 0.923. The van der Waals surface area contributed by atoms with Gasteiger partial charge in [-0.15, -0.1) is 0 Å². The molecule has 0 aromatic carbocycles. The van der Waals surface area contributed by atoms with Crippen LogP contribution in [-0.2, 0) is 9.53 Å². The normalized spacial score (nSPS) is 27.1. The lowest BCUT2D eigenvalue weighted by Gasteiger charge is -2.35. The van der Waals surface area contributed by atoms with Crippen LogP contribution < -0.4 is 5.32 Å². The van der Waals surface area contributed by atoms with E-state index < -0.39 is 5.60 Å². The van der Waals surface area contributed by atoms with Gasteiger partial charge in [0.1, 0.15) is 0 Å². The molecule has 1 unspecified atom stereocenters. The largest absolute Gasteiger partial charge is 0.388 e. The average Bonchev–Trinajstić information content (AvgIpc) is 2.82.